The summed E-state index contributed by atoms with van der Waals surface area (Å²) in [5.74, 6) is 0. The van der Waals surface area contributed by atoms with Crippen LogP contribution < -0.4 is 0 Å². The molecule has 1 nitrogen and oxygen atoms in total. The molecule has 0 atom stereocenters. The van der Waals surface area contributed by atoms with Gasteiger partial charge in [-0.15, -0.1) is 0 Å². The quantitative estimate of drug-likeness (QED) is 0.378. The minimum Gasteiger partial charge on any atom is -0.247 e. The molecule has 0 spiro atoms. The molecule has 0 N–H and O–H groups in total. The van der Waals surface area contributed by atoms with Crippen LogP contribution in [0.15, 0.2) is 47.5 Å². The highest BCUT2D eigenvalue weighted by molar-refractivity contribution is 6.27. The second-order valence-corrected chi connectivity index (χ2v) is 9.00. The zero-order valence-electron chi connectivity index (χ0n) is 16.7. The normalized spacial score (nSPS) is 13.4. The summed E-state index contributed by atoms with van der Waals surface area (Å²) in [7, 11) is 0. The highest BCUT2D eigenvalue weighted by atomic mass is 14.8. The van der Waals surface area contributed by atoms with Gasteiger partial charge in [-0.1, -0.05) is 62.2 Å². The highest BCUT2D eigenvalue weighted by Crippen LogP contribution is 2.42. The first kappa shape index (κ1) is 17.0. The third-order valence-corrected chi connectivity index (χ3v) is 5.11. The van der Waals surface area contributed by atoms with Crippen LogP contribution >= 0.6 is 0 Å². The number of rotatable bonds is 2. The summed E-state index contributed by atoms with van der Waals surface area (Å²) in [6, 6.07) is 15.8. The van der Waals surface area contributed by atoms with Crippen molar-refractivity contribution in [3.05, 3.63) is 75.8 Å². The summed E-state index contributed by atoms with van der Waals surface area (Å²) in [5, 5.41) is 2.70. The van der Waals surface area contributed by atoms with Crippen LogP contribution in [-0.4, -0.2) is 5.71 Å². The minimum absolute atomic E-state index is 0.266. The molecule has 0 fully saturated rings. The Kier molecular flexibility index (Phi) is 3.80. The van der Waals surface area contributed by atoms with Crippen LogP contribution in [0, 0.1) is 26.2 Å². The van der Waals surface area contributed by atoms with Gasteiger partial charge in [-0.3, -0.25) is 0 Å². The van der Waals surface area contributed by atoms with Gasteiger partial charge in [0.1, 0.15) is 0 Å². The van der Waals surface area contributed by atoms with E-state index in [9.17, 15) is 0 Å². The fraction of sp³-hybridized carbons (Fsp3) is 0.320. The lowest BCUT2D eigenvalue weighted by Gasteiger charge is -2.20. The van der Waals surface area contributed by atoms with Crippen LogP contribution in [0.25, 0.3) is 10.8 Å². The fourth-order valence-electron chi connectivity index (χ4n) is 4.24. The van der Waals surface area contributed by atoms with Gasteiger partial charge in [-0.2, -0.15) is 0 Å². The van der Waals surface area contributed by atoms with E-state index in [1.54, 1.807) is 0 Å². The molecule has 1 aliphatic rings. The average molecular weight is 341 g/mol. The van der Waals surface area contributed by atoms with E-state index in [1.807, 2.05) is 0 Å². The molecule has 1 heteroatoms. The van der Waals surface area contributed by atoms with E-state index in [1.165, 1.54) is 44.2 Å². The largest absolute Gasteiger partial charge is 0.247 e. The van der Waals surface area contributed by atoms with Crippen molar-refractivity contribution in [1.82, 2.24) is 0 Å². The third-order valence-electron chi connectivity index (χ3n) is 5.11. The van der Waals surface area contributed by atoms with Crippen molar-refractivity contribution in [2.45, 2.75) is 48.0 Å². The summed E-state index contributed by atoms with van der Waals surface area (Å²) in [6.07, 6.45) is 1.08. The first-order chi connectivity index (χ1) is 12.2. The van der Waals surface area contributed by atoms with Gasteiger partial charge in [0.05, 0.1) is 11.4 Å². The maximum absolute atomic E-state index is 5.10. The van der Waals surface area contributed by atoms with Crippen molar-refractivity contribution in [3.8, 4) is 0 Å². The maximum Gasteiger partial charge on any atom is 0.0789 e. The van der Waals surface area contributed by atoms with Gasteiger partial charge in [0.15, 0.2) is 0 Å². The average Bonchev–Trinajstić information content (AvgIpc) is 2.91. The Labute approximate surface area is 156 Å². The molecule has 3 aromatic carbocycles. The van der Waals surface area contributed by atoms with E-state index in [2.05, 4.69) is 84.0 Å². The lowest BCUT2D eigenvalue weighted by molar-refractivity contribution is 0.412. The summed E-state index contributed by atoms with van der Waals surface area (Å²) < 4.78 is 0. The Morgan fingerprint density at radius 1 is 0.885 bits per heavy atom. The number of aliphatic imine (C=N–C) groups is 1. The van der Waals surface area contributed by atoms with Crippen molar-refractivity contribution in [2.75, 3.05) is 0 Å². The molecule has 0 saturated carbocycles. The molecule has 3 aromatic rings. The molecule has 0 amide bonds. The number of benzene rings is 3. The molecule has 0 unspecified atom stereocenters. The van der Waals surface area contributed by atoms with Crippen LogP contribution in [0.1, 0.15) is 54.2 Å². The van der Waals surface area contributed by atoms with Gasteiger partial charge >= 0.3 is 0 Å². The van der Waals surface area contributed by atoms with Crippen LogP contribution in [-0.2, 0) is 6.42 Å². The second-order valence-electron chi connectivity index (χ2n) is 9.00. The monoisotopic (exact) mass is 341 g/mol. The van der Waals surface area contributed by atoms with Gasteiger partial charge in [0, 0.05) is 16.5 Å². The molecule has 0 saturated heterocycles. The van der Waals surface area contributed by atoms with Crippen LogP contribution in [0.4, 0.5) is 5.69 Å². The van der Waals surface area contributed by atoms with E-state index in [4.69, 9.17) is 4.99 Å². The van der Waals surface area contributed by atoms with Crippen molar-refractivity contribution in [3.63, 3.8) is 0 Å². The van der Waals surface area contributed by atoms with Gasteiger partial charge in [-0.05, 0) is 61.3 Å². The van der Waals surface area contributed by atoms with Gasteiger partial charge in [-0.25, -0.2) is 4.99 Å². The SMILES string of the molecule is Cc1cc(C)cc(C2=Nc3c(C)cc(CC(C)(C)C)c4cccc2c34)c1. The molecular weight excluding hydrogens is 314 g/mol. The molecule has 132 valence electrons. The van der Waals surface area contributed by atoms with E-state index < -0.39 is 0 Å². The van der Waals surface area contributed by atoms with Crippen molar-refractivity contribution < 1.29 is 0 Å². The molecule has 0 radical (unpaired) electrons. The molecule has 1 aliphatic heterocycles. The number of nitrogens with zero attached hydrogens (tertiary/aromatic N) is 1. The molecule has 0 aliphatic carbocycles. The predicted molar refractivity (Wildman–Crippen MR) is 113 cm³/mol. The Hall–Kier alpha value is -2.41. The standard InChI is InChI=1S/C25H27N/c1-15-10-16(2)12-18(11-15)24-21-9-7-8-20-19(14-25(4,5)6)13-17(3)23(26-24)22(20)21/h7-13H,14H2,1-6H3. The Balaban J connectivity index is 1.96. The van der Waals surface area contributed by atoms with Gasteiger partial charge in [0.2, 0.25) is 0 Å². The number of hydrogen-bond acceptors (Lipinski definition) is 1. The third kappa shape index (κ3) is 2.86. The Morgan fingerprint density at radius 2 is 1.58 bits per heavy atom. The molecule has 4 rings (SSSR count). The summed E-state index contributed by atoms with van der Waals surface area (Å²) in [4.78, 5) is 5.10. The summed E-state index contributed by atoms with van der Waals surface area (Å²) in [5.41, 5.74) is 10.3. The molecule has 0 aromatic heterocycles. The lowest BCUT2D eigenvalue weighted by atomic mass is 9.84. The van der Waals surface area contributed by atoms with Crippen LogP contribution in [0.5, 0.6) is 0 Å². The van der Waals surface area contributed by atoms with Crippen molar-refractivity contribution >= 4 is 22.2 Å². The zero-order chi connectivity index (χ0) is 18.6. The highest BCUT2D eigenvalue weighted by Gasteiger charge is 2.24. The number of aryl methyl sites for hydroxylation is 3. The minimum atomic E-state index is 0.266. The molecule has 26 heavy (non-hydrogen) atoms. The van der Waals surface area contributed by atoms with Crippen LogP contribution in [0.2, 0.25) is 0 Å². The topological polar surface area (TPSA) is 12.4 Å². The first-order valence-electron chi connectivity index (χ1n) is 9.46. The molecule has 0 bridgehead atoms. The van der Waals surface area contributed by atoms with Gasteiger partial charge < -0.3 is 0 Å². The second kappa shape index (κ2) is 5.81. The summed E-state index contributed by atoms with van der Waals surface area (Å²) in [6.45, 7) is 13.4. The molecule has 1 heterocycles. The Bertz CT molecular complexity index is 1040. The zero-order valence-corrected chi connectivity index (χ0v) is 16.7. The Morgan fingerprint density at radius 3 is 2.23 bits per heavy atom. The fourth-order valence-corrected chi connectivity index (χ4v) is 4.24. The smallest absolute Gasteiger partial charge is 0.0789 e. The van der Waals surface area contributed by atoms with Crippen LogP contribution in [0.3, 0.4) is 0 Å². The van der Waals surface area contributed by atoms with E-state index in [0.717, 1.165) is 17.8 Å². The van der Waals surface area contributed by atoms with E-state index in [-0.39, 0.29) is 5.41 Å². The van der Waals surface area contributed by atoms with Gasteiger partial charge in [0.25, 0.3) is 0 Å². The van der Waals surface area contributed by atoms with E-state index in [0.29, 0.717) is 0 Å². The predicted octanol–water partition coefficient (Wildman–Crippen LogP) is 6.84. The lowest BCUT2D eigenvalue weighted by Crippen LogP contribution is -2.10. The summed E-state index contributed by atoms with van der Waals surface area (Å²) >= 11 is 0. The van der Waals surface area contributed by atoms with Crippen molar-refractivity contribution in [2.24, 2.45) is 10.4 Å². The number of hydrogen-bond donors (Lipinski definition) is 0. The van der Waals surface area contributed by atoms with E-state index >= 15 is 0 Å². The molecular formula is C25H27N. The maximum atomic E-state index is 5.10. The first-order valence-corrected chi connectivity index (χ1v) is 9.46. The van der Waals surface area contributed by atoms with Crippen molar-refractivity contribution in [1.29, 1.82) is 0 Å².